The van der Waals surface area contributed by atoms with Gasteiger partial charge in [0.2, 0.25) is 0 Å². The third-order valence-electron chi connectivity index (χ3n) is 5.96. The number of hydrogen-bond acceptors (Lipinski definition) is 3. The fraction of sp³-hybridized carbons (Fsp3) is 0.500. The zero-order valence-electron chi connectivity index (χ0n) is 15.1. The molecule has 1 aromatic carbocycles. The molecule has 1 unspecified atom stereocenters. The smallest absolute Gasteiger partial charge is 0.313 e. The monoisotopic (exact) mass is 342 g/mol. The van der Waals surface area contributed by atoms with Crippen LogP contribution in [0.25, 0.3) is 0 Å². The van der Waals surface area contributed by atoms with Gasteiger partial charge >= 0.3 is 11.8 Å². The minimum atomic E-state index is -0.658. The Hall–Kier alpha value is -2.14. The summed E-state index contributed by atoms with van der Waals surface area (Å²) in [4.78, 5) is 24.6. The Morgan fingerprint density at radius 3 is 2.60 bits per heavy atom. The molecule has 5 nitrogen and oxygen atoms in total. The van der Waals surface area contributed by atoms with Crippen LogP contribution in [-0.4, -0.2) is 25.0 Å². The van der Waals surface area contributed by atoms with E-state index in [1.54, 1.807) is 13.2 Å². The first-order valence-corrected chi connectivity index (χ1v) is 8.72. The molecule has 2 N–H and O–H groups in total. The number of hydrogen-bond donors (Lipinski definition) is 2. The predicted molar refractivity (Wildman–Crippen MR) is 96.9 cm³/mol. The number of anilines is 1. The van der Waals surface area contributed by atoms with E-state index in [9.17, 15) is 9.59 Å². The van der Waals surface area contributed by atoms with Crippen LogP contribution in [0.5, 0.6) is 0 Å². The average Bonchev–Trinajstić information content (AvgIpc) is 2.58. The number of ether oxygens (including phenoxy) is 1. The number of rotatable bonds is 4. The van der Waals surface area contributed by atoms with Crippen LogP contribution in [0.4, 0.5) is 5.69 Å². The zero-order valence-corrected chi connectivity index (χ0v) is 15.1. The summed E-state index contributed by atoms with van der Waals surface area (Å²) in [6, 6.07) is 7.19. The molecule has 0 heterocycles. The molecule has 4 rings (SSSR count). The molecule has 3 saturated carbocycles. The summed E-state index contributed by atoms with van der Waals surface area (Å²) in [5.41, 5.74) is 2.74. The van der Waals surface area contributed by atoms with E-state index >= 15 is 0 Å². The van der Waals surface area contributed by atoms with E-state index in [1.165, 1.54) is 0 Å². The van der Waals surface area contributed by atoms with Crippen LogP contribution in [0.3, 0.4) is 0 Å². The van der Waals surface area contributed by atoms with E-state index in [1.807, 2.05) is 18.2 Å². The molecular weight excluding hydrogens is 316 g/mol. The first-order chi connectivity index (χ1) is 11.8. The van der Waals surface area contributed by atoms with Crippen molar-refractivity contribution >= 4 is 17.5 Å². The second kappa shape index (κ2) is 6.64. The van der Waals surface area contributed by atoms with Crippen LogP contribution < -0.4 is 10.6 Å². The summed E-state index contributed by atoms with van der Waals surface area (Å²) < 4.78 is 5.12. The van der Waals surface area contributed by atoms with E-state index in [4.69, 9.17) is 4.74 Å². The topological polar surface area (TPSA) is 67.4 Å². The Labute approximate surface area is 148 Å². The summed E-state index contributed by atoms with van der Waals surface area (Å²) in [6.07, 6.45) is 2.01. The van der Waals surface area contributed by atoms with Crippen LogP contribution in [0.15, 0.2) is 36.4 Å². The van der Waals surface area contributed by atoms with Gasteiger partial charge in [0.25, 0.3) is 0 Å². The van der Waals surface area contributed by atoms with Gasteiger partial charge in [-0.3, -0.25) is 9.59 Å². The third-order valence-corrected chi connectivity index (χ3v) is 5.96. The lowest BCUT2D eigenvalue weighted by Crippen LogP contribution is -2.58. The number of benzene rings is 1. The Morgan fingerprint density at radius 2 is 1.96 bits per heavy atom. The number of methoxy groups -OCH3 is 1. The van der Waals surface area contributed by atoms with Crippen molar-refractivity contribution in [1.82, 2.24) is 5.32 Å². The average molecular weight is 342 g/mol. The molecule has 0 spiro atoms. The SMILES string of the molecule is C=C1C(NC(=O)C(=O)Nc2ccccc2COC)C[C@H]2C[C@@H]1C2(C)C. The van der Waals surface area contributed by atoms with Gasteiger partial charge < -0.3 is 15.4 Å². The van der Waals surface area contributed by atoms with Crippen molar-refractivity contribution in [2.75, 3.05) is 12.4 Å². The maximum Gasteiger partial charge on any atom is 0.313 e. The van der Waals surface area contributed by atoms with Gasteiger partial charge in [0.1, 0.15) is 0 Å². The number of para-hydroxylation sites is 1. The minimum Gasteiger partial charge on any atom is -0.380 e. The predicted octanol–water partition coefficient (Wildman–Crippen LogP) is 2.88. The molecule has 0 aliphatic heterocycles. The van der Waals surface area contributed by atoms with Crippen LogP contribution in [0, 0.1) is 17.3 Å². The van der Waals surface area contributed by atoms with E-state index in [0.717, 1.165) is 24.0 Å². The standard InChI is InChI=1S/C20H26N2O3/c1-12-15-9-14(20(15,2)3)10-17(12)22-19(24)18(23)21-16-8-6-5-7-13(16)11-25-4/h5-8,14-15,17H,1,9-11H2,2-4H3,(H,21,23)(H,22,24)/t14-,15+,17?/m1/s1. The first kappa shape index (κ1) is 17.7. The van der Waals surface area contributed by atoms with Crippen molar-refractivity contribution < 1.29 is 14.3 Å². The maximum atomic E-state index is 12.3. The van der Waals surface area contributed by atoms with Crippen LogP contribution in [0.1, 0.15) is 32.3 Å². The van der Waals surface area contributed by atoms with Gasteiger partial charge in [-0.05, 0) is 36.2 Å². The second-order valence-electron chi connectivity index (χ2n) is 7.69. The molecule has 2 bridgehead atoms. The van der Waals surface area contributed by atoms with Gasteiger partial charge in [-0.2, -0.15) is 0 Å². The van der Waals surface area contributed by atoms with Gasteiger partial charge in [-0.1, -0.05) is 44.2 Å². The van der Waals surface area contributed by atoms with Crippen molar-refractivity contribution in [2.24, 2.45) is 17.3 Å². The maximum absolute atomic E-state index is 12.3. The molecule has 3 fully saturated rings. The quantitative estimate of drug-likeness (QED) is 0.653. The highest BCUT2D eigenvalue weighted by Gasteiger charge is 2.55. The van der Waals surface area contributed by atoms with Gasteiger partial charge in [-0.25, -0.2) is 0 Å². The molecule has 0 radical (unpaired) electrons. The summed E-state index contributed by atoms with van der Waals surface area (Å²) in [6.45, 7) is 9.07. The van der Waals surface area contributed by atoms with E-state index in [2.05, 4.69) is 31.1 Å². The molecule has 3 aliphatic carbocycles. The number of amides is 2. The summed E-state index contributed by atoms with van der Waals surface area (Å²) >= 11 is 0. The Bertz CT molecular complexity index is 711. The lowest BCUT2D eigenvalue weighted by atomic mass is 9.46. The van der Waals surface area contributed by atoms with E-state index in [-0.39, 0.29) is 11.5 Å². The van der Waals surface area contributed by atoms with Crippen molar-refractivity contribution in [3.8, 4) is 0 Å². The fourth-order valence-electron chi connectivity index (χ4n) is 4.20. The van der Waals surface area contributed by atoms with Gasteiger partial charge in [0.05, 0.1) is 12.6 Å². The van der Waals surface area contributed by atoms with Crippen LogP contribution in [-0.2, 0) is 20.9 Å². The number of carbonyl (C=O) groups excluding carboxylic acids is 2. The first-order valence-electron chi connectivity index (χ1n) is 8.72. The molecule has 0 saturated heterocycles. The van der Waals surface area contributed by atoms with E-state index < -0.39 is 11.8 Å². The number of nitrogens with one attached hydrogen (secondary N) is 2. The summed E-state index contributed by atoms with van der Waals surface area (Å²) in [5.74, 6) is -0.256. The third kappa shape index (κ3) is 3.21. The Kier molecular flexibility index (Phi) is 4.69. The van der Waals surface area contributed by atoms with Crippen LogP contribution >= 0.6 is 0 Å². The van der Waals surface area contributed by atoms with Gasteiger partial charge in [0, 0.05) is 18.4 Å². The lowest BCUT2D eigenvalue weighted by Gasteiger charge is -2.59. The van der Waals surface area contributed by atoms with Crippen molar-refractivity contribution in [3.63, 3.8) is 0 Å². The van der Waals surface area contributed by atoms with Crippen LogP contribution in [0.2, 0.25) is 0 Å². The van der Waals surface area contributed by atoms with Crippen molar-refractivity contribution in [2.45, 2.75) is 39.3 Å². The van der Waals surface area contributed by atoms with Crippen molar-refractivity contribution in [1.29, 1.82) is 0 Å². The molecule has 2 amide bonds. The summed E-state index contributed by atoms with van der Waals surface area (Å²) in [7, 11) is 1.59. The highest BCUT2D eigenvalue weighted by atomic mass is 16.5. The summed E-state index contributed by atoms with van der Waals surface area (Å²) in [5, 5.41) is 5.53. The number of carbonyl (C=O) groups is 2. The highest BCUT2D eigenvalue weighted by molar-refractivity contribution is 6.39. The minimum absolute atomic E-state index is 0.107. The fourth-order valence-corrected chi connectivity index (χ4v) is 4.20. The Morgan fingerprint density at radius 1 is 1.24 bits per heavy atom. The van der Waals surface area contributed by atoms with Gasteiger partial charge in [-0.15, -0.1) is 0 Å². The lowest BCUT2D eigenvalue weighted by molar-refractivity contribution is -0.137. The largest absolute Gasteiger partial charge is 0.380 e. The van der Waals surface area contributed by atoms with E-state index in [0.29, 0.717) is 24.1 Å². The number of fused-ring (bicyclic) bond motifs is 2. The van der Waals surface area contributed by atoms with Gasteiger partial charge in [0.15, 0.2) is 0 Å². The Balaban J connectivity index is 1.61. The second-order valence-corrected chi connectivity index (χ2v) is 7.69. The molecule has 5 heteroatoms. The zero-order chi connectivity index (χ0) is 18.2. The molecule has 3 aliphatic rings. The molecule has 134 valence electrons. The molecule has 25 heavy (non-hydrogen) atoms. The normalized spacial score (nSPS) is 26.5. The molecular formula is C20H26N2O3. The highest BCUT2D eigenvalue weighted by Crippen LogP contribution is 2.60. The molecule has 1 aromatic rings. The van der Waals surface area contributed by atoms with Crippen molar-refractivity contribution in [3.05, 3.63) is 42.0 Å². The molecule has 0 aromatic heterocycles. The molecule has 3 atom stereocenters.